The first-order valence-electron chi connectivity index (χ1n) is 7.12. The summed E-state index contributed by atoms with van der Waals surface area (Å²) in [5.41, 5.74) is 8.71. The Bertz CT molecular complexity index is 653. The quantitative estimate of drug-likeness (QED) is 0.928. The van der Waals surface area contributed by atoms with E-state index < -0.39 is 0 Å². The number of aromatic nitrogens is 1. The van der Waals surface area contributed by atoms with Crippen LogP contribution in [-0.2, 0) is 11.2 Å². The maximum Gasteiger partial charge on any atom is 0.222 e. The van der Waals surface area contributed by atoms with Crippen LogP contribution in [0.4, 0.5) is 5.69 Å². The Morgan fingerprint density at radius 1 is 1.45 bits per heavy atom. The normalized spacial score (nSPS) is 18.6. The minimum atomic E-state index is -0.193. The second-order valence-electron chi connectivity index (χ2n) is 5.34. The van der Waals surface area contributed by atoms with Crippen molar-refractivity contribution >= 4 is 22.5 Å². The van der Waals surface area contributed by atoms with Crippen molar-refractivity contribution in [3.63, 3.8) is 0 Å². The number of carbonyl (C=O) groups is 1. The molecule has 2 heterocycles. The summed E-state index contributed by atoms with van der Waals surface area (Å²) in [6.45, 7) is 3.70. The molecule has 0 bridgehead atoms. The molecule has 1 amide bonds. The van der Waals surface area contributed by atoms with E-state index >= 15 is 0 Å². The van der Waals surface area contributed by atoms with Gasteiger partial charge in [-0.2, -0.15) is 0 Å². The van der Waals surface area contributed by atoms with Crippen molar-refractivity contribution in [1.82, 2.24) is 4.98 Å². The Labute approximate surface area is 118 Å². The molecule has 2 N–H and O–H groups in total. The Kier molecular flexibility index (Phi) is 3.30. The van der Waals surface area contributed by atoms with Crippen LogP contribution in [0.3, 0.4) is 0 Å². The lowest BCUT2D eigenvalue weighted by Gasteiger charge is -2.21. The standard InChI is InChI=1S/C16H19N3O/c1-2-12-9-15(13-5-3-4-6-14(13)18-12)19-8-7-11(10-19)16(17)20/h3-6,9,11H,2,7-8,10H2,1H3,(H2,17,20). The highest BCUT2D eigenvalue weighted by Gasteiger charge is 2.27. The van der Waals surface area contributed by atoms with Crippen LogP contribution < -0.4 is 10.6 Å². The summed E-state index contributed by atoms with van der Waals surface area (Å²) in [7, 11) is 0. The zero-order chi connectivity index (χ0) is 14.1. The molecule has 1 aliphatic rings. The molecule has 3 rings (SSSR count). The molecular formula is C16H19N3O. The SMILES string of the molecule is CCc1cc(N2CCC(C(N)=O)C2)c2ccccc2n1. The number of anilines is 1. The first-order valence-corrected chi connectivity index (χ1v) is 7.12. The van der Waals surface area contributed by atoms with E-state index in [2.05, 4.69) is 28.9 Å². The zero-order valence-electron chi connectivity index (χ0n) is 11.7. The molecule has 1 aromatic carbocycles. The van der Waals surface area contributed by atoms with E-state index in [1.165, 1.54) is 5.69 Å². The van der Waals surface area contributed by atoms with Crippen molar-refractivity contribution < 1.29 is 4.79 Å². The highest BCUT2D eigenvalue weighted by molar-refractivity contribution is 5.92. The highest BCUT2D eigenvalue weighted by atomic mass is 16.1. The van der Waals surface area contributed by atoms with Gasteiger partial charge in [0.2, 0.25) is 5.91 Å². The molecule has 2 aromatic rings. The van der Waals surface area contributed by atoms with Gasteiger partial charge >= 0.3 is 0 Å². The van der Waals surface area contributed by atoms with Gasteiger partial charge in [0.25, 0.3) is 0 Å². The molecule has 1 fully saturated rings. The first kappa shape index (κ1) is 12.9. The summed E-state index contributed by atoms with van der Waals surface area (Å²) in [6, 6.07) is 10.3. The van der Waals surface area contributed by atoms with Gasteiger partial charge in [-0.1, -0.05) is 25.1 Å². The molecular weight excluding hydrogens is 250 g/mol. The number of nitrogens with zero attached hydrogens (tertiary/aromatic N) is 2. The number of primary amides is 1. The number of amides is 1. The third-order valence-corrected chi connectivity index (χ3v) is 4.04. The Hall–Kier alpha value is -2.10. The molecule has 0 radical (unpaired) electrons. The van der Waals surface area contributed by atoms with Gasteiger partial charge in [-0.15, -0.1) is 0 Å². The van der Waals surface area contributed by atoms with Crippen molar-refractivity contribution in [2.45, 2.75) is 19.8 Å². The number of benzene rings is 1. The molecule has 1 unspecified atom stereocenters. The lowest BCUT2D eigenvalue weighted by atomic mass is 10.1. The number of nitrogens with two attached hydrogens (primary N) is 1. The van der Waals surface area contributed by atoms with Gasteiger partial charge in [0.05, 0.1) is 11.4 Å². The van der Waals surface area contributed by atoms with E-state index in [0.29, 0.717) is 6.54 Å². The number of carbonyl (C=O) groups excluding carboxylic acids is 1. The monoisotopic (exact) mass is 269 g/mol. The average Bonchev–Trinajstić information content (AvgIpc) is 2.96. The molecule has 1 saturated heterocycles. The van der Waals surface area contributed by atoms with Gasteiger partial charge in [0, 0.05) is 29.9 Å². The van der Waals surface area contributed by atoms with E-state index in [1.807, 2.05) is 18.2 Å². The van der Waals surface area contributed by atoms with Crippen LogP contribution in [0.15, 0.2) is 30.3 Å². The maximum atomic E-state index is 11.3. The molecule has 4 heteroatoms. The number of pyridine rings is 1. The van der Waals surface area contributed by atoms with Crippen LogP contribution in [0.5, 0.6) is 0 Å². The van der Waals surface area contributed by atoms with Crippen LogP contribution in [0.1, 0.15) is 19.0 Å². The van der Waals surface area contributed by atoms with Crippen molar-refractivity contribution in [3.8, 4) is 0 Å². The summed E-state index contributed by atoms with van der Waals surface area (Å²) in [5.74, 6) is -0.228. The second-order valence-corrected chi connectivity index (χ2v) is 5.34. The van der Waals surface area contributed by atoms with Gasteiger partial charge in [0.15, 0.2) is 0 Å². The number of rotatable bonds is 3. The van der Waals surface area contributed by atoms with Crippen molar-refractivity contribution in [3.05, 3.63) is 36.0 Å². The van der Waals surface area contributed by atoms with E-state index in [1.54, 1.807) is 0 Å². The minimum absolute atomic E-state index is 0.0352. The second kappa shape index (κ2) is 5.12. The van der Waals surface area contributed by atoms with Gasteiger partial charge in [0.1, 0.15) is 0 Å². The predicted octanol–water partition coefficient (Wildman–Crippen LogP) is 2.11. The number of para-hydroxylation sites is 1. The van der Waals surface area contributed by atoms with E-state index in [4.69, 9.17) is 5.73 Å². The Morgan fingerprint density at radius 2 is 2.25 bits per heavy atom. The molecule has 1 aliphatic heterocycles. The number of hydrogen-bond donors (Lipinski definition) is 1. The third kappa shape index (κ3) is 2.22. The molecule has 0 aliphatic carbocycles. The molecule has 1 atom stereocenters. The fourth-order valence-electron chi connectivity index (χ4n) is 2.86. The van der Waals surface area contributed by atoms with Gasteiger partial charge in [-0.05, 0) is 25.0 Å². The van der Waals surface area contributed by atoms with Gasteiger partial charge in [-0.3, -0.25) is 9.78 Å². The van der Waals surface area contributed by atoms with Crippen LogP contribution in [0.25, 0.3) is 10.9 Å². The summed E-state index contributed by atoms with van der Waals surface area (Å²) < 4.78 is 0. The number of fused-ring (bicyclic) bond motifs is 1. The number of hydrogen-bond acceptors (Lipinski definition) is 3. The average molecular weight is 269 g/mol. The lowest BCUT2D eigenvalue weighted by Crippen LogP contribution is -2.27. The van der Waals surface area contributed by atoms with Crippen LogP contribution in [-0.4, -0.2) is 24.0 Å². The number of aryl methyl sites for hydroxylation is 1. The molecule has 4 nitrogen and oxygen atoms in total. The van der Waals surface area contributed by atoms with Crippen LogP contribution >= 0.6 is 0 Å². The molecule has 104 valence electrons. The smallest absolute Gasteiger partial charge is 0.222 e. The van der Waals surface area contributed by atoms with Crippen LogP contribution in [0, 0.1) is 5.92 Å². The summed E-state index contributed by atoms with van der Waals surface area (Å²) in [6.07, 6.45) is 1.75. The van der Waals surface area contributed by atoms with Crippen LogP contribution in [0.2, 0.25) is 0 Å². The fraction of sp³-hybridized carbons (Fsp3) is 0.375. The first-order chi connectivity index (χ1) is 9.69. The van der Waals surface area contributed by atoms with Crippen molar-refractivity contribution in [2.24, 2.45) is 11.7 Å². The van der Waals surface area contributed by atoms with Gasteiger partial charge < -0.3 is 10.6 Å². The van der Waals surface area contributed by atoms with Crippen molar-refractivity contribution in [1.29, 1.82) is 0 Å². The molecule has 1 aromatic heterocycles. The van der Waals surface area contributed by atoms with Crippen molar-refractivity contribution in [2.75, 3.05) is 18.0 Å². The topological polar surface area (TPSA) is 59.2 Å². The summed E-state index contributed by atoms with van der Waals surface area (Å²) in [5, 5.41) is 1.15. The highest BCUT2D eigenvalue weighted by Crippen LogP contribution is 2.31. The molecule has 0 saturated carbocycles. The zero-order valence-corrected chi connectivity index (χ0v) is 11.7. The van der Waals surface area contributed by atoms with E-state index in [9.17, 15) is 4.79 Å². The summed E-state index contributed by atoms with van der Waals surface area (Å²) >= 11 is 0. The minimum Gasteiger partial charge on any atom is -0.370 e. The maximum absolute atomic E-state index is 11.3. The Balaban J connectivity index is 2.04. The van der Waals surface area contributed by atoms with E-state index in [0.717, 1.165) is 36.0 Å². The van der Waals surface area contributed by atoms with E-state index in [-0.39, 0.29) is 11.8 Å². The summed E-state index contributed by atoms with van der Waals surface area (Å²) in [4.78, 5) is 18.3. The molecule has 20 heavy (non-hydrogen) atoms. The molecule has 0 spiro atoms. The largest absolute Gasteiger partial charge is 0.370 e. The third-order valence-electron chi connectivity index (χ3n) is 4.04. The lowest BCUT2D eigenvalue weighted by molar-refractivity contribution is -0.121. The predicted molar refractivity (Wildman–Crippen MR) is 80.6 cm³/mol. The Morgan fingerprint density at radius 3 is 2.95 bits per heavy atom. The fourth-order valence-corrected chi connectivity index (χ4v) is 2.86. The van der Waals surface area contributed by atoms with Gasteiger partial charge in [-0.25, -0.2) is 0 Å².